The molecule has 0 bridgehead atoms. The summed E-state index contributed by atoms with van der Waals surface area (Å²) in [6.07, 6.45) is 5.26. The van der Waals surface area contributed by atoms with E-state index in [-0.39, 0.29) is 5.69 Å². The van der Waals surface area contributed by atoms with Crippen molar-refractivity contribution in [2.24, 2.45) is 0 Å². The second-order valence-electron chi connectivity index (χ2n) is 4.72. The van der Waals surface area contributed by atoms with Crippen LogP contribution >= 0.6 is 0 Å². The number of nitrogens with zero attached hydrogens (tertiary/aromatic N) is 4. The molecule has 0 unspecified atom stereocenters. The molecular weight excluding hydrogens is 294 g/mol. The Morgan fingerprint density at radius 2 is 2.17 bits per heavy atom. The fraction of sp³-hybridized carbons (Fsp3) is 0.125. The molecule has 0 spiro atoms. The number of rotatable bonds is 5. The molecule has 0 aliphatic carbocycles. The van der Waals surface area contributed by atoms with Gasteiger partial charge in [-0.05, 0) is 24.3 Å². The van der Waals surface area contributed by atoms with E-state index in [0.29, 0.717) is 6.54 Å². The molecule has 3 rings (SSSR count). The normalized spacial score (nSPS) is 10.3. The minimum atomic E-state index is -0.449. The molecule has 0 radical (unpaired) electrons. The molecule has 23 heavy (non-hydrogen) atoms. The third-order valence-corrected chi connectivity index (χ3v) is 3.14. The van der Waals surface area contributed by atoms with Gasteiger partial charge in [-0.1, -0.05) is 12.1 Å². The Morgan fingerprint density at radius 1 is 1.26 bits per heavy atom. The third kappa shape index (κ3) is 3.52. The fourth-order valence-corrected chi connectivity index (χ4v) is 2.02. The average molecular weight is 309 g/mol. The summed E-state index contributed by atoms with van der Waals surface area (Å²) >= 11 is 0. The summed E-state index contributed by atoms with van der Waals surface area (Å²) in [7, 11) is 1.33. The third-order valence-electron chi connectivity index (χ3n) is 3.14. The number of aromatic nitrogens is 4. The van der Waals surface area contributed by atoms with Crippen LogP contribution in [0.3, 0.4) is 0 Å². The van der Waals surface area contributed by atoms with Gasteiger partial charge in [-0.2, -0.15) is 5.10 Å². The minimum Gasteiger partial charge on any atom is -0.464 e. The first-order valence-electron chi connectivity index (χ1n) is 7.00. The van der Waals surface area contributed by atoms with E-state index in [2.05, 4.69) is 25.1 Å². The molecular formula is C16H15N5O2. The van der Waals surface area contributed by atoms with Crippen LogP contribution in [-0.2, 0) is 11.3 Å². The van der Waals surface area contributed by atoms with Gasteiger partial charge in [0.1, 0.15) is 5.69 Å². The van der Waals surface area contributed by atoms with Crippen molar-refractivity contribution in [2.75, 3.05) is 12.4 Å². The molecule has 116 valence electrons. The number of hydrogen-bond acceptors (Lipinski definition) is 6. The summed E-state index contributed by atoms with van der Waals surface area (Å²) in [6, 6.07) is 10.9. The molecule has 0 aromatic carbocycles. The Morgan fingerprint density at radius 3 is 2.96 bits per heavy atom. The van der Waals surface area contributed by atoms with Crippen molar-refractivity contribution in [1.29, 1.82) is 0 Å². The van der Waals surface area contributed by atoms with Crippen molar-refractivity contribution in [1.82, 2.24) is 19.7 Å². The van der Waals surface area contributed by atoms with Crippen LogP contribution in [0.5, 0.6) is 0 Å². The van der Waals surface area contributed by atoms with Crippen molar-refractivity contribution >= 4 is 11.7 Å². The van der Waals surface area contributed by atoms with Crippen LogP contribution in [0.1, 0.15) is 16.2 Å². The van der Waals surface area contributed by atoms with Crippen molar-refractivity contribution in [3.8, 4) is 5.82 Å². The lowest BCUT2D eigenvalue weighted by Gasteiger charge is -2.05. The molecule has 0 saturated carbocycles. The lowest BCUT2D eigenvalue weighted by molar-refractivity contribution is 0.0593. The summed E-state index contributed by atoms with van der Waals surface area (Å²) in [5, 5.41) is 7.46. The highest BCUT2D eigenvalue weighted by Crippen LogP contribution is 2.11. The maximum absolute atomic E-state index is 11.5. The van der Waals surface area contributed by atoms with Crippen molar-refractivity contribution in [2.45, 2.75) is 6.54 Å². The molecule has 0 amide bonds. The monoisotopic (exact) mass is 309 g/mol. The fourth-order valence-electron chi connectivity index (χ4n) is 2.02. The maximum atomic E-state index is 11.5. The summed E-state index contributed by atoms with van der Waals surface area (Å²) < 4.78 is 6.35. The molecule has 3 aromatic heterocycles. The van der Waals surface area contributed by atoms with Gasteiger partial charge in [0.05, 0.1) is 37.4 Å². The summed E-state index contributed by atoms with van der Waals surface area (Å²) in [5.74, 6) is 0.293. The number of carbonyl (C=O) groups is 1. The van der Waals surface area contributed by atoms with E-state index in [1.807, 2.05) is 30.5 Å². The zero-order valence-corrected chi connectivity index (χ0v) is 12.5. The first kappa shape index (κ1) is 14.7. The molecule has 3 heterocycles. The van der Waals surface area contributed by atoms with E-state index in [1.54, 1.807) is 29.2 Å². The van der Waals surface area contributed by atoms with Gasteiger partial charge in [0, 0.05) is 6.20 Å². The number of esters is 1. The number of carbonyl (C=O) groups excluding carboxylic acids is 1. The van der Waals surface area contributed by atoms with Crippen molar-refractivity contribution in [3.05, 3.63) is 66.4 Å². The van der Waals surface area contributed by atoms with Gasteiger partial charge in [-0.3, -0.25) is 0 Å². The van der Waals surface area contributed by atoms with Crippen LogP contribution in [0.4, 0.5) is 5.69 Å². The molecule has 1 N–H and O–H groups in total. The first-order valence-corrected chi connectivity index (χ1v) is 7.00. The lowest BCUT2D eigenvalue weighted by Crippen LogP contribution is -2.08. The van der Waals surface area contributed by atoms with Gasteiger partial charge < -0.3 is 10.1 Å². The highest BCUT2D eigenvalue weighted by atomic mass is 16.5. The van der Waals surface area contributed by atoms with Gasteiger partial charge >= 0.3 is 5.97 Å². The molecule has 7 heteroatoms. The second-order valence-corrected chi connectivity index (χ2v) is 4.72. The van der Waals surface area contributed by atoms with E-state index in [1.165, 1.54) is 7.11 Å². The Kier molecular flexibility index (Phi) is 4.28. The number of anilines is 1. The SMILES string of the molecule is COC(=O)c1cccc(CNc2cnn(-c3ccccn3)c2)n1. The van der Waals surface area contributed by atoms with Crippen LogP contribution in [0.15, 0.2) is 55.0 Å². The molecule has 0 saturated heterocycles. The zero-order valence-electron chi connectivity index (χ0n) is 12.5. The number of nitrogens with one attached hydrogen (secondary N) is 1. The molecule has 0 atom stereocenters. The van der Waals surface area contributed by atoms with E-state index >= 15 is 0 Å². The number of methoxy groups -OCH3 is 1. The second kappa shape index (κ2) is 6.69. The minimum absolute atomic E-state index is 0.288. The zero-order chi connectivity index (χ0) is 16.1. The number of pyridine rings is 2. The quantitative estimate of drug-likeness (QED) is 0.727. The van der Waals surface area contributed by atoms with Crippen molar-refractivity contribution in [3.63, 3.8) is 0 Å². The van der Waals surface area contributed by atoms with Gasteiger partial charge in [-0.15, -0.1) is 0 Å². The Balaban J connectivity index is 1.67. The smallest absolute Gasteiger partial charge is 0.356 e. The van der Waals surface area contributed by atoms with Gasteiger partial charge in [0.25, 0.3) is 0 Å². The predicted molar refractivity (Wildman–Crippen MR) is 84.3 cm³/mol. The van der Waals surface area contributed by atoms with E-state index in [0.717, 1.165) is 17.2 Å². The van der Waals surface area contributed by atoms with Crippen LogP contribution in [-0.4, -0.2) is 32.8 Å². The number of hydrogen-bond donors (Lipinski definition) is 1. The van der Waals surface area contributed by atoms with Gasteiger partial charge in [0.2, 0.25) is 0 Å². The Bertz CT molecular complexity index is 801. The highest BCUT2D eigenvalue weighted by molar-refractivity contribution is 5.87. The largest absolute Gasteiger partial charge is 0.464 e. The predicted octanol–water partition coefficient (Wildman–Crippen LogP) is 2.06. The van der Waals surface area contributed by atoms with Crippen LogP contribution < -0.4 is 5.32 Å². The summed E-state index contributed by atoms with van der Waals surface area (Å²) in [5.41, 5.74) is 1.86. The molecule has 3 aromatic rings. The summed E-state index contributed by atoms with van der Waals surface area (Å²) in [4.78, 5) is 20.0. The van der Waals surface area contributed by atoms with Crippen LogP contribution in [0, 0.1) is 0 Å². The highest BCUT2D eigenvalue weighted by Gasteiger charge is 2.08. The Hall–Kier alpha value is -3.22. The maximum Gasteiger partial charge on any atom is 0.356 e. The standard InChI is InChI=1S/C16H15N5O2/c1-23-16(22)14-6-4-5-12(20-14)9-18-13-10-19-21(11-13)15-7-2-3-8-17-15/h2-8,10-11,18H,9H2,1H3. The molecule has 0 fully saturated rings. The van der Waals surface area contributed by atoms with E-state index in [9.17, 15) is 4.79 Å². The Labute approximate surface area is 133 Å². The van der Waals surface area contributed by atoms with Gasteiger partial charge in [0.15, 0.2) is 5.82 Å². The van der Waals surface area contributed by atoms with E-state index < -0.39 is 5.97 Å². The summed E-state index contributed by atoms with van der Waals surface area (Å²) in [6.45, 7) is 0.471. The molecule has 0 aliphatic rings. The first-order chi connectivity index (χ1) is 11.3. The van der Waals surface area contributed by atoms with Crippen molar-refractivity contribution < 1.29 is 9.53 Å². The molecule has 7 nitrogen and oxygen atoms in total. The lowest BCUT2D eigenvalue weighted by atomic mass is 10.3. The van der Waals surface area contributed by atoms with Gasteiger partial charge in [-0.25, -0.2) is 19.4 Å². The van der Waals surface area contributed by atoms with Crippen LogP contribution in [0.25, 0.3) is 5.82 Å². The van der Waals surface area contributed by atoms with E-state index in [4.69, 9.17) is 0 Å². The topological polar surface area (TPSA) is 81.9 Å². The van der Waals surface area contributed by atoms with Crippen LogP contribution in [0.2, 0.25) is 0 Å². The average Bonchev–Trinajstić information content (AvgIpc) is 3.09. The molecule has 0 aliphatic heterocycles. The number of ether oxygens (including phenoxy) is 1.